The molecule has 1 fully saturated rings. The first kappa shape index (κ1) is 14.4. The highest BCUT2D eigenvalue weighted by molar-refractivity contribution is 5.99. The molecule has 0 saturated carbocycles. The summed E-state index contributed by atoms with van der Waals surface area (Å²) in [6.07, 6.45) is 3.28. The summed E-state index contributed by atoms with van der Waals surface area (Å²) in [5, 5.41) is 11.6. The first-order valence-corrected chi connectivity index (χ1v) is 6.95. The van der Waals surface area contributed by atoms with E-state index in [9.17, 15) is 4.79 Å². The lowest BCUT2D eigenvalue weighted by Gasteiger charge is -2.39. The molecular weight excluding hydrogens is 254 g/mol. The zero-order valence-electron chi connectivity index (χ0n) is 11.9. The lowest BCUT2D eigenvalue weighted by molar-refractivity contribution is 0.0511. The molecule has 1 saturated heterocycles. The average Bonchev–Trinajstić information content (AvgIpc) is 2.46. The maximum absolute atomic E-state index is 12.6. The van der Waals surface area contributed by atoms with Gasteiger partial charge in [-0.3, -0.25) is 4.79 Å². The van der Waals surface area contributed by atoms with E-state index in [-0.39, 0.29) is 23.8 Å². The van der Waals surface area contributed by atoms with Gasteiger partial charge in [0.2, 0.25) is 0 Å². The van der Waals surface area contributed by atoms with Crippen molar-refractivity contribution in [3.8, 4) is 0 Å². The number of nitrogens with two attached hydrogens (primary N) is 1. The van der Waals surface area contributed by atoms with Crippen LogP contribution in [0, 0.1) is 0 Å². The molecule has 2 unspecified atom stereocenters. The number of rotatable bonds is 2. The van der Waals surface area contributed by atoms with Crippen LogP contribution in [0.2, 0.25) is 0 Å². The van der Waals surface area contributed by atoms with Crippen LogP contribution in [0.3, 0.4) is 0 Å². The molecule has 108 valence electrons. The van der Waals surface area contributed by atoms with E-state index in [2.05, 4.69) is 19.0 Å². The van der Waals surface area contributed by atoms with Crippen molar-refractivity contribution >= 4 is 11.7 Å². The smallest absolute Gasteiger partial charge is 0.254 e. The van der Waals surface area contributed by atoms with Gasteiger partial charge in [0.1, 0.15) is 0 Å². The number of benzene rings is 1. The molecule has 0 radical (unpaired) electrons. The average molecular weight is 275 g/mol. The maximum atomic E-state index is 12.6. The van der Waals surface area contributed by atoms with Crippen LogP contribution >= 0.6 is 0 Å². The normalized spacial score (nSPS) is 23.7. The first-order valence-electron chi connectivity index (χ1n) is 6.95. The molecule has 1 heterocycles. The van der Waals surface area contributed by atoms with E-state index in [1.165, 1.54) is 6.42 Å². The Bertz CT molecular complexity index is 500. The van der Waals surface area contributed by atoms with E-state index in [1.54, 1.807) is 24.3 Å². The Kier molecular flexibility index (Phi) is 4.27. The molecule has 1 aromatic carbocycles. The van der Waals surface area contributed by atoms with Crippen LogP contribution in [0.1, 0.15) is 49.0 Å². The van der Waals surface area contributed by atoms with Gasteiger partial charge in [0.25, 0.3) is 5.91 Å². The summed E-state index contributed by atoms with van der Waals surface area (Å²) in [5.41, 5.74) is 6.75. The number of likely N-dealkylation sites (tertiary alicyclic amines) is 1. The molecule has 1 aliphatic rings. The van der Waals surface area contributed by atoms with Gasteiger partial charge in [-0.05, 0) is 45.2 Å². The van der Waals surface area contributed by atoms with Crippen molar-refractivity contribution in [1.82, 2.24) is 4.90 Å². The fraction of sp³-hybridized carbons (Fsp3) is 0.467. The predicted molar refractivity (Wildman–Crippen MR) is 77.9 cm³/mol. The van der Waals surface area contributed by atoms with Crippen molar-refractivity contribution in [2.75, 3.05) is 0 Å². The molecule has 2 rings (SSSR count). The monoisotopic (exact) mass is 275 g/mol. The molecule has 20 heavy (non-hydrogen) atoms. The second-order valence-corrected chi connectivity index (χ2v) is 5.40. The molecule has 0 aliphatic carbocycles. The number of piperidine rings is 1. The Morgan fingerprint density at radius 2 is 1.70 bits per heavy atom. The van der Waals surface area contributed by atoms with Gasteiger partial charge >= 0.3 is 0 Å². The number of amides is 1. The van der Waals surface area contributed by atoms with E-state index in [0.717, 1.165) is 12.8 Å². The Balaban J connectivity index is 2.20. The highest BCUT2D eigenvalue weighted by Crippen LogP contribution is 2.24. The van der Waals surface area contributed by atoms with Crippen molar-refractivity contribution in [2.45, 2.75) is 45.2 Å². The third kappa shape index (κ3) is 2.76. The molecule has 1 aliphatic heterocycles. The Hall–Kier alpha value is -2.04. The lowest BCUT2D eigenvalue weighted by Crippen LogP contribution is -2.47. The molecule has 1 amide bonds. The van der Waals surface area contributed by atoms with E-state index in [4.69, 9.17) is 10.9 Å². The van der Waals surface area contributed by atoms with E-state index in [0.29, 0.717) is 11.1 Å². The summed E-state index contributed by atoms with van der Waals surface area (Å²) in [6, 6.07) is 7.39. The van der Waals surface area contributed by atoms with Gasteiger partial charge in [-0.1, -0.05) is 17.3 Å². The summed E-state index contributed by atoms with van der Waals surface area (Å²) < 4.78 is 0. The summed E-state index contributed by atoms with van der Waals surface area (Å²) in [6.45, 7) is 4.19. The lowest BCUT2D eigenvalue weighted by atomic mass is 9.96. The van der Waals surface area contributed by atoms with Gasteiger partial charge in [0.15, 0.2) is 5.84 Å². The van der Waals surface area contributed by atoms with Crippen molar-refractivity contribution in [3.63, 3.8) is 0 Å². The Morgan fingerprint density at radius 3 is 2.20 bits per heavy atom. The van der Waals surface area contributed by atoms with Crippen molar-refractivity contribution < 1.29 is 10.0 Å². The zero-order valence-corrected chi connectivity index (χ0v) is 11.9. The minimum absolute atomic E-state index is 0.0451. The van der Waals surface area contributed by atoms with Gasteiger partial charge in [-0.2, -0.15) is 0 Å². The van der Waals surface area contributed by atoms with Crippen LogP contribution in [-0.4, -0.2) is 33.9 Å². The van der Waals surface area contributed by atoms with E-state index in [1.807, 2.05) is 4.90 Å². The number of oxime groups is 1. The molecule has 3 N–H and O–H groups in total. The number of carbonyl (C=O) groups is 1. The van der Waals surface area contributed by atoms with E-state index >= 15 is 0 Å². The molecule has 5 nitrogen and oxygen atoms in total. The van der Waals surface area contributed by atoms with Crippen molar-refractivity contribution in [3.05, 3.63) is 35.4 Å². The number of hydrogen-bond donors (Lipinski definition) is 2. The first-order chi connectivity index (χ1) is 9.54. The summed E-state index contributed by atoms with van der Waals surface area (Å²) >= 11 is 0. The van der Waals surface area contributed by atoms with Crippen LogP contribution in [-0.2, 0) is 0 Å². The molecule has 0 aromatic heterocycles. The fourth-order valence-electron chi connectivity index (χ4n) is 2.81. The van der Waals surface area contributed by atoms with Gasteiger partial charge in [0.05, 0.1) is 0 Å². The molecule has 2 atom stereocenters. The third-order valence-corrected chi connectivity index (χ3v) is 3.96. The standard InChI is InChI=1S/C15H21N3O2/c1-10-4-3-5-11(2)18(10)15(19)13-8-6-12(7-9-13)14(16)17-20/h6-11,20H,3-5H2,1-2H3,(H2,16,17). The van der Waals surface area contributed by atoms with Crippen LogP contribution in [0.4, 0.5) is 0 Å². The summed E-state index contributed by atoms with van der Waals surface area (Å²) in [5.74, 6) is 0.0967. The van der Waals surface area contributed by atoms with Gasteiger partial charge in [-0.25, -0.2) is 0 Å². The molecule has 0 bridgehead atoms. The van der Waals surface area contributed by atoms with Gasteiger partial charge in [-0.15, -0.1) is 0 Å². The highest BCUT2D eigenvalue weighted by atomic mass is 16.4. The summed E-state index contributed by atoms with van der Waals surface area (Å²) in [7, 11) is 0. The highest BCUT2D eigenvalue weighted by Gasteiger charge is 2.29. The largest absolute Gasteiger partial charge is 0.409 e. The van der Waals surface area contributed by atoms with Crippen molar-refractivity contribution in [2.24, 2.45) is 10.9 Å². The SMILES string of the molecule is CC1CCCC(C)N1C(=O)c1ccc(/C(N)=N/O)cc1. The molecule has 1 aromatic rings. The minimum atomic E-state index is 0.0451. The zero-order chi connectivity index (χ0) is 14.7. The summed E-state index contributed by atoms with van der Waals surface area (Å²) in [4.78, 5) is 14.5. The minimum Gasteiger partial charge on any atom is -0.409 e. The number of hydrogen-bond acceptors (Lipinski definition) is 3. The second kappa shape index (κ2) is 5.94. The number of nitrogens with zero attached hydrogens (tertiary/aromatic N) is 2. The molecule has 5 heteroatoms. The second-order valence-electron chi connectivity index (χ2n) is 5.40. The topological polar surface area (TPSA) is 78.9 Å². The van der Waals surface area contributed by atoms with Crippen LogP contribution in [0.25, 0.3) is 0 Å². The third-order valence-electron chi connectivity index (χ3n) is 3.96. The van der Waals surface area contributed by atoms with Crippen LogP contribution in [0.15, 0.2) is 29.4 Å². The van der Waals surface area contributed by atoms with Gasteiger partial charge < -0.3 is 15.8 Å². The number of carbonyl (C=O) groups excluding carboxylic acids is 1. The fourth-order valence-corrected chi connectivity index (χ4v) is 2.81. The van der Waals surface area contributed by atoms with Gasteiger partial charge in [0, 0.05) is 23.2 Å². The van der Waals surface area contributed by atoms with Crippen LogP contribution < -0.4 is 5.73 Å². The van der Waals surface area contributed by atoms with Crippen molar-refractivity contribution in [1.29, 1.82) is 0 Å². The predicted octanol–water partition coefficient (Wildman–Crippen LogP) is 2.18. The number of amidine groups is 1. The maximum Gasteiger partial charge on any atom is 0.254 e. The van der Waals surface area contributed by atoms with E-state index < -0.39 is 0 Å². The Labute approximate surface area is 119 Å². The quantitative estimate of drug-likeness (QED) is 0.376. The molecule has 0 spiro atoms. The Morgan fingerprint density at radius 1 is 1.20 bits per heavy atom. The van der Waals surface area contributed by atoms with Crippen LogP contribution in [0.5, 0.6) is 0 Å². The molecular formula is C15H21N3O2.